The Morgan fingerprint density at radius 1 is 0.667 bits per heavy atom. The number of hydrogen-bond acceptors (Lipinski definition) is 0. The van der Waals surface area contributed by atoms with Gasteiger partial charge in [0, 0.05) is 0 Å². The molecule has 1 aliphatic rings. The van der Waals surface area contributed by atoms with E-state index in [0.29, 0.717) is 0 Å². The molecule has 0 saturated carbocycles. The van der Waals surface area contributed by atoms with Crippen molar-refractivity contribution >= 4 is 0 Å². The Labute approximate surface area is 107 Å². The molecule has 1 aromatic carbocycles. The molecule has 0 N–H and O–H groups in total. The molecule has 1 aliphatic carbocycles. The molecule has 1 aromatic rings. The summed E-state index contributed by atoms with van der Waals surface area (Å²) >= 11 is 0. The number of allylic oxidation sites excluding steroid dienone is 4. The first-order chi connectivity index (χ1) is 6.50. The molecule has 15 heavy (non-hydrogen) atoms. The fourth-order valence-electron chi connectivity index (χ4n) is 1.18. The molecular weight excluding hydrogens is 269 g/mol. The van der Waals surface area contributed by atoms with Gasteiger partial charge in [0.15, 0.2) is 0 Å². The van der Waals surface area contributed by atoms with Crippen LogP contribution in [-0.2, 0) is 19.5 Å². The van der Waals surface area contributed by atoms with E-state index in [1.165, 1.54) is 25.7 Å². The zero-order valence-corrected chi connectivity index (χ0v) is 11.1. The molecule has 2 rings (SSSR count). The van der Waals surface area contributed by atoms with Crippen molar-refractivity contribution in [2.45, 2.75) is 25.7 Å². The van der Waals surface area contributed by atoms with Crippen molar-refractivity contribution in [3.63, 3.8) is 0 Å². The summed E-state index contributed by atoms with van der Waals surface area (Å²) in [5.41, 5.74) is 0. The fourth-order valence-corrected chi connectivity index (χ4v) is 1.18. The van der Waals surface area contributed by atoms with Crippen LogP contribution in [0.1, 0.15) is 25.7 Å². The Morgan fingerprint density at radius 3 is 1.20 bits per heavy atom. The Morgan fingerprint density at radius 2 is 1.00 bits per heavy atom. The maximum Gasteiger partial charge on any atom is 2.00 e. The standard InChI is InChI=1S/C8H12.C5H5.CH3.Ru/c1-2-4-6-8-7-5-3-1;1-2-4-5-3-1;;/h1-2,7-8H,3-6H2;1-5H;1H3;/q;2*-1;+2. The van der Waals surface area contributed by atoms with Gasteiger partial charge in [-0.15, -0.1) is 0 Å². The van der Waals surface area contributed by atoms with Crippen molar-refractivity contribution in [2.24, 2.45) is 0 Å². The van der Waals surface area contributed by atoms with Gasteiger partial charge in [-0.3, -0.25) is 0 Å². The van der Waals surface area contributed by atoms with Gasteiger partial charge in [0.25, 0.3) is 0 Å². The molecule has 1 heteroatoms. The molecule has 0 atom stereocenters. The van der Waals surface area contributed by atoms with E-state index in [2.05, 4.69) is 24.3 Å². The van der Waals surface area contributed by atoms with Crippen LogP contribution in [0.3, 0.4) is 0 Å². The molecule has 0 aromatic heterocycles. The molecular formula is C14H20Ru. The predicted molar refractivity (Wildman–Crippen MR) is 65.2 cm³/mol. The summed E-state index contributed by atoms with van der Waals surface area (Å²) in [6.45, 7) is 0. The fraction of sp³-hybridized carbons (Fsp3) is 0.286. The van der Waals surface area contributed by atoms with Crippen molar-refractivity contribution in [2.75, 3.05) is 0 Å². The van der Waals surface area contributed by atoms with Gasteiger partial charge in [-0.05, 0) is 25.7 Å². The van der Waals surface area contributed by atoms with E-state index < -0.39 is 0 Å². The summed E-state index contributed by atoms with van der Waals surface area (Å²) in [5.74, 6) is 0. The van der Waals surface area contributed by atoms with E-state index in [4.69, 9.17) is 0 Å². The second kappa shape index (κ2) is 13.5. The first-order valence-corrected chi connectivity index (χ1v) is 4.97. The van der Waals surface area contributed by atoms with E-state index in [1.807, 2.05) is 30.3 Å². The van der Waals surface area contributed by atoms with Crippen LogP contribution in [0.15, 0.2) is 54.6 Å². The van der Waals surface area contributed by atoms with Gasteiger partial charge in [-0.2, -0.15) is 18.2 Å². The third kappa shape index (κ3) is 11.4. The molecule has 84 valence electrons. The van der Waals surface area contributed by atoms with Gasteiger partial charge >= 0.3 is 19.5 Å². The van der Waals surface area contributed by atoms with E-state index in [1.54, 1.807) is 0 Å². The van der Waals surface area contributed by atoms with Crippen LogP contribution in [0.4, 0.5) is 0 Å². The summed E-state index contributed by atoms with van der Waals surface area (Å²) in [5, 5.41) is 0. The van der Waals surface area contributed by atoms with Crippen molar-refractivity contribution in [3.05, 3.63) is 62.1 Å². The maximum atomic E-state index is 2.27. The summed E-state index contributed by atoms with van der Waals surface area (Å²) < 4.78 is 0. The third-order valence-electron chi connectivity index (χ3n) is 1.89. The smallest absolute Gasteiger partial charge is 0.358 e. The van der Waals surface area contributed by atoms with Crippen LogP contribution >= 0.6 is 0 Å². The van der Waals surface area contributed by atoms with E-state index in [9.17, 15) is 0 Å². The van der Waals surface area contributed by atoms with Gasteiger partial charge in [-0.1, -0.05) is 24.3 Å². The van der Waals surface area contributed by atoms with E-state index in [0.717, 1.165) is 0 Å². The summed E-state index contributed by atoms with van der Waals surface area (Å²) in [4.78, 5) is 0. The molecule has 0 amide bonds. The zero-order chi connectivity index (χ0) is 9.19. The minimum absolute atomic E-state index is 0. The number of rotatable bonds is 0. The second-order valence-corrected chi connectivity index (χ2v) is 3.06. The summed E-state index contributed by atoms with van der Waals surface area (Å²) in [7, 11) is 0. The summed E-state index contributed by atoms with van der Waals surface area (Å²) in [6, 6.07) is 10.0. The van der Waals surface area contributed by atoms with Crippen LogP contribution in [0.2, 0.25) is 0 Å². The minimum atomic E-state index is 0. The summed E-state index contributed by atoms with van der Waals surface area (Å²) in [6.07, 6.45) is 14.0. The minimum Gasteiger partial charge on any atom is -0.358 e. The van der Waals surface area contributed by atoms with Crippen LogP contribution in [0, 0.1) is 7.43 Å². The third-order valence-corrected chi connectivity index (χ3v) is 1.89. The maximum absolute atomic E-state index is 2.27. The van der Waals surface area contributed by atoms with Crippen LogP contribution in [0.25, 0.3) is 0 Å². The van der Waals surface area contributed by atoms with Crippen LogP contribution < -0.4 is 0 Å². The molecule has 0 radical (unpaired) electrons. The average Bonchev–Trinajstić information content (AvgIpc) is 2.58. The predicted octanol–water partition coefficient (Wildman–Crippen LogP) is 4.53. The Hall–Kier alpha value is -0.547. The first kappa shape index (κ1) is 16.9. The van der Waals surface area contributed by atoms with Crippen molar-refractivity contribution < 1.29 is 19.5 Å². The van der Waals surface area contributed by atoms with Gasteiger partial charge in [-0.25, -0.2) is 12.1 Å². The van der Waals surface area contributed by atoms with Gasteiger partial charge in [0.05, 0.1) is 0 Å². The topological polar surface area (TPSA) is 0 Å². The molecule has 0 unspecified atom stereocenters. The van der Waals surface area contributed by atoms with Gasteiger partial charge < -0.3 is 7.43 Å². The molecule has 0 nitrogen and oxygen atoms in total. The Kier molecular flexibility index (Phi) is 15.1. The largest absolute Gasteiger partial charge is 2.00 e. The molecule has 0 saturated heterocycles. The van der Waals surface area contributed by atoms with Crippen molar-refractivity contribution in [1.82, 2.24) is 0 Å². The van der Waals surface area contributed by atoms with Gasteiger partial charge in [0.1, 0.15) is 0 Å². The molecule has 0 heterocycles. The Balaban J connectivity index is 0. The number of hydrogen-bond donors (Lipinski definition) is 0. The monoisotopic (exact) mass is 290 g/mol. The second-order valence-electron chi connectivity index (χ2n) is 3.06. The van der Waals surface area contributed by atoms with Crippen LogP contribution in [0.5, 0.6) is 0 Å². The SMILES string of the molecule is C1=CCCC=CCC1.[CH3-].[Ru+2].c1cc[cH-]c1. The van der Waals surface area contributed by atoms with Gasteiger partial charge in [0.2, 0.25) is 0 Å². The quantitative estimate of drug-likeness (QED) is 0.374. The molecule has 0 fully saturated rings. The van der Waals surface area contributed by atoms with Crippen molar-refractivity contribution in [1.29, 1.82) is 0 Å². The normalized spacial score (nSPS) is 13.3. The molecule has 0 bridgehead atoms. The van der Waals surface area contributed by atoms with Crippen LogP contribution in [-0.4, -0.2) is 0 Å². The van der Waals surface area contributed by atoms with E-state index >= 15 is 0 Å². The first-order valence-electron chi connectivity index (χ1n) is 4.97. The van der Waals surface area contributed by atoms with Crippen molar-refractivity contribution in [3.8, 4) is 0 Å². The Bertz CT molecular complexity index is 189. The molecule has 0 aliphatic heterocycles. The molecule has 0 spiro atoms. The average molecular weight is 289 g/mol. The van der Waals surface area contributed by atoms with E-state index in [-0.39, 0.29) is 26.9 Å². The zero-order valence-electron chi connectivity index (χ0n) is 9.38.